The van der Waals surface area contributed by atoms with Crippen LogP contribution in [0.2, 0.25) is 0 Å². The van der Waals surface area contributed by atoms with E-state index >= 15 is 0 Å². The fourth-order valence-electron chi connectivity index (χ4n) is 2.53. The van der Waals surface area contributed by atoms with Gasteiger partial charge >= 0.3 is 0 Å². The van der Waals surface area contributed by atoms with E-state index < -0.39 is 0 Å². The lowest BCUT2D eigenvalue weighted by Crippen LogP contribution is -2.46. The molecule has 3 heteroatoms. The van der Waals surface area contributed by atoms with Crippen LogP contribution in [0.15, 0.2) is 0 Å². The average Bonchev–Trinajstić information content (AvgIpc) is 2.60. The second-order valence-electron chi connectivity index (χ2n) is 4.62. The van der Waals surface area contributed by atoms with Gasteiger partial charge in [-0.2, -0.15) is 0 Å². The lowest BCUT2D eigenvalue weighted by Gasteiger charge is -2.36. The van der Waals surface area contributed by atoms with Crippen LogP contribution in [-0.4, -0.2) is 30.5 Å². The molecule has 0 aromatic heterocycles. The molecular weight excluding hydrogens is 166 g/mol. The van der Waals surface area contributed by atoms with Gasteiger partial charge in [-0.05, 0) is 26.7 Å². The van der Waals surface area contributed by atoms with E-state index in [0.717, 1.165) is 25.9 Å². The van der Waals surface area contributed by atoms with Crippen LogP contribution in [0, 0.1) is 0 Å². The van der Waals surface area contributed by atoms with Crippen LogP contribution in [0.3, 0.4) is 0 Å². The molecule has 3 nitrogen and oxygen atoms in total. The first-order chi connectivity index (χ1) is 6.10. The molecular formula is C10H19NO2. The number of hydrogen-bond acceptors (Lipinski definition) is 3. The molecule has 2 aliphatic heterocycles. The van der Waals surface area contributed by atoms with Gasteiger partial charge in [0.1, 0.15) is 0 Å². The predicted molar refractivity (Wildman–Crippen MR) is 50.5 cm³/mol. The molecule has 2 aliphatic rings. The molecule has 2 heterocycles. The van der Waals surface area contributed by atoms with Gasteiger partial charge in [-0.25, -0.2) is 0 Å². The van der Waals surface area contributed by atoms with E-state index in [0.29, 0.717) is 6.54 Å². The van der Waals surface area contributed by atoms with E-state index in [4.69, 9.17) is 15.2 Å². The molecule has 0 unspecified atom stereocenters. The summed E-state index contributed by atoms with van der Waals surface area (Å²) in [4.78, 5) is 0. The van der Waals surface area contributed by atoms with E-state index in [1.807, 2.05) is 0 Å². The monoisotopic (exact) mass is 185 g/mol. The van der Waals surface area contributed by atoms with Crippen molar-refractivity contribution < 1.29 is 9.47 Å². The topological polar surface area (TPSA) is 44.5 Å². The highest BCUT2D eigenvalue weighted by Gasteiger charge is 2.55. The second kappa shape index (κ2) is 2.94. The van der Waals surface area contributed by atoms with Crippen LogP contribution in [0.4, 0.5) is 0 Å². The van der Waals surface area contributed by atoms with Gasteiger partial charge in [0, 0.05) is 13.0 Å². The van der Waals surface area contributed by atoms with E-state index in [1.165, 1.54) is 0 Å². The molecule has 13 heavy (non-hydrogen) atoms. The van der Waals surface area contributed by atoms with Crippen molar-refractivity contribution in [2.24, 2.45) is 5.73 Å². The molecule has 2 atom stereocenters. The molecule has 76 valence electrons. The minimum Gasteiger partial charge on any atom is -0.372 e. The highest BCUT2D eigenvalue weighted by Crippen LogP contribution is 2.47. The molecule has 0 amide bonds. The fourth-order valence-corrected chi connectivity index (χ4v) is 2.53. The van der Waals surface area contributed by atoms with Crippen LogP contribution in [-0.2, 0) is 9.47 Å². The zero-order valence-corrected chi connectivity index (χ0v) is 8.51. The summed E-state index contributed by atoms with van der Waals surface area (Å²) in [7, 11) is 0. The molecule has 1 spiro atoms. The third kappa shape index (κ3) is 1.30. The van der Waals surface area contributed by atoms with Gasteiger partial charge in [0.05, 0.1) is 23.9 Å². The average molecular weight is 185 g/mol. The highest BCUT2D eigenvalue weighted by molar-refractivity contribution is 5.04. The number of rotatable bonds is 1. The van der Waals surface area contributed by atoms with E-state index in [1.54, 1.807) is 0 Å². The van der Waals surface area contributed by atoms with Gasteiger partial charge in [-0.3, -0.25) is 0 Å². The van der Waals surface area contributed by atoms with Gasteiger partial charge in [-0.15, -0.1) is 0 Å². The summed E-state index contributed by atoms with van der Waals surface area (Å²) in [5.74, 6) is 0. The van der Waals surface area contributed by atoms with Crippen molar-refractivity contribution in [3.8, 4) is 0 Å². The molecule has 0 aromatic rings. The summed E-state index contributed by atoms with van der Waals surface area (Å²) in [6.45, 7) is 5.71. The van der Waals surface area contributed by atoms with Crippen LogP contribution in [0.5, 0.6) is 0 Å². The Morgan fingerprint density at radius 3 is 2.62 bits per heavy atom. The van der Waals surface area contributed by atoms with Crippen molar-refractivity contribution in [2.75, 3.05) is 13.2 Å². The van der Waals surface area contributed by atoms with Gasteiger partial charge in [0.25, 0.3) is 0 Å². The second-order valence-corrected chi connectivity index (χ2v) is 4.62. The zero-order valence-electron chi connectivity index (χ0n) is 8.51. The SMILES string of the molecule is CC1(C)OCC[C@]12CC[C@H](CN)O2. The predicted octanol–water partition coefficient (Wildman–Crippen LogP) is 1.06. The van der Waals surface area contributed by atoms with E-state index in [9.17, 15) is 0 Å². The summed E-state index contributed by atoms with van der Waals surface area (Å²) in [6, 6.07) is 0. The number of hydrogen-bond donors (Lipinski definition) is 1. The Labute approximate surface area is 79.6 Å². The fraction of sp³-hybridized carbons (Fsp3) is 1.00. The third-order valence-corrected chi connectivity index (χ3v) is 3.59. The van der Waals surface area contributed by atoms with Gasteiger partial charge in [0.2, 0.25) is 0 Å². The number of nitrogens with two attached hydrogens (primary N) is 1. The first kappa shape index (κ1) is 9.44. The maximum atomic E-state index is 6.02. The highest BCUT2D eigenvalue weighted by atomic mass is 16.6. The molecule has 2 fully saturated rings. The van der Waals surface area contributed by atoms with E-state index in [-0.39, 0.29) is 17.3 Å². The summed E-state index contributed by atoms with van der Waals surface area (Å²) in [6.07, 6.45) is 3.46. The lowest BCUT2D eigenvalue weighted by atomic mass is 9.83. The molecule has 0 aliphatic carbocycles. The Morgan fingerprint density at radius 1 is 1.38 bits per heavy atom. The van der Waals surface area contributed by atoms with Gasteiger partial charge in [-0.1, -0.05) is 0 Å². The molecule has 0 saturated carbocycles. The van der Waals surface area contributed by atoms with Crippen LogP contribution in [0.25, 0.3) is 0 Å². The largest absolute Gasteiger partial charge is 0.372 e. The Kier molecular flexibility index (Phi) is 2.13. The minimum absolute atomic E-state index is 0.0446. The Morgan fingerprint density at radius 2 is 2.15 bits per heavy atom. The van der Waals surface area contributed by atoms with Crippen molar-refractivity contribution in [3.63, 3.8) is 0 Å². The van der Waals surface area contributed by atoms with E-state index in [2.05, 4.69) is 13.8 Å². The summed E-state index contributed by atoms with van der Waals surface area (Å²) < 4.78 is 11.7. The first-order valence-electron chi connectivity index (χ1n) is 5.11. The first-order valence-corrected chi connectivity index (χ1v) is 5.11. The normalized spacial score (nSPS) is 43.2. The van der Waals surface area contributed by atoms with Crippen molar-refractivity contribution in [3.05, 3.63) is 0 Å². The van der Waals surface area contributed by atoms with Crippen molar-refractivity contribution >= 4 is 0 Å². The zero-order chi connectivity index (χ0) is 9.53. The smallest absolute Gasteiger partial charge is 0.0992 e. The van der Waals surface area contributed by atoms with Crippen molar-refractivity contribution in [1.82, 2.24) is 0 Å². The molecule has 0 radical (unpaired) electrons. The Balaban J connectivity index is 2.13. The molecule has 0 bridgehead atoms. The minimum atomic E-state index is -0.128. The maximum Gasteiger partial charge on any atom is 0.0992 e. The van der Waals surface area contributed by atoms with Crippen molar-refractivity contribution in [1.29, 1.82) is 0 Å². The third-order valence-electron chi connectivity index (χ3n) is 3.59. The molecule has 2 saturated heterocycles. The molecule has 0 aromatic carbocycles. The molecule has 2 rings (SSSR count). The quantitative estimate of drug-likeness (QED) is 0.664. The number of ether oxygens (including phenoxy) is 2. The Bertz CT molecular complexity index is 205. The van der Waals surface area contributed by atoms with Gasteiger partial charge < -0.3 is 15.2 Å². The summed E-state index contributed by atoms with van der Waals surface area (Å²) in [5.41, 5.74) is 5.43. The standard InChI is InChI=1S/C10H19NO2/c1-9(2)10(5-6-12-9)4-3-8(7-11)13-10/h8H,3-7,11H2,1-2H3/t8-,10-/m1/s1. The van der Waals surface area contributed by atoms with Crippen molar-refractivity contribution in [2.45, 2.75) is 50.4 Å². The van der Waals surface area contributed by atoms with Gasteiger partial charge in [0.15, 0.2) is 0 Å². The van der Waals surface area contributed by atoms with Crippen LogP contribution in [0.1, 0.15) is 33.1 Å². The molecule has 2 N–H and O–H groups in total. The summed E-state index contributed by atoms with van der Waals surface area (Å²) >= 11 is 0. The Hall–Kier alpha value is -0.120. The maximum absolute atomic E-state index is 6.02. The van der Waals surface area contributed by atoms with Crippen LogP contribution < -0.4 is 5.73 Å². The lowest BCUT2D eigenvalue weighted by molar-refractivity contribution is -0.127. The summed E-state index contributed by atoms with van der Waals surface area (Å²) in [5, 5.41) is 0. The van der Waals surface area contributed by atoms with Crippen LogP contribution >= 0.6 is 0 Å².